The molecule has 0 heterocycles. The van der Waals surface area contributed by atoms with Crippen LogP contribution in [0.15, 0.2) is 12.7 Å². The van der Waals surface area contributed by atoms with Crippen molar-refractivity contribution in [2.24, 2.45) is 11.8 Å². The molecule has 68 valence electrons. The molecule has 0 aliphatic heterocycles. The Bertz CT molecular complexity index is 173. The van der Waals surface area contributed by atoms with Gasteiger partial charge in [-0.1, -0.05) is 13.0 Å². The molecule has 0 bridgehead atoms. The molecule has 0 aliphatic carbocycles. The first kappa shape index (κ1) is 11.1. The van der Waals surface area contributed by atoms with Crippen LogP contribution in [0, 0.1) is 11.8 Å². The van der Waals surface area contributed by atoms with Gasteiger partial charge in [0.05, 0.1) is 0 Å². The number of carbonyl (C=O) groups is 2. The van der Waals surface area contributed by atoms with E-state index in [0.29, 0.717) is 6.42 Å². The van der Waals surface area contributed by atoms with Crippen LogP contribution in [0.2, 0.25) is 0 Å². The second kappa shape index (κ2) is 5.70. The molecule has 0 aromatic carbocycles. The molecule has 0 N–H and O–H groups in total. The van der Waals surface area contributed by atoms with Crippen molar-refractivity contribution in [2.45, 2.75) is 26.7 Å². The van der Waals surface area contributed by atoms with Crippen molar-refractivity contribution < 1.29 is 9.59 Å². The third-order valence-corrected chi connectivity index (χ3v) is 1.97. The van der Waals surface area contributed by atoms with Crippen LogP contribution in [0.5, 0.6) is 0 Å². The van der Waals surface area contributed by atoms with Crippen LogP contribution in [-0.4, -0.2) is 12.1 Å². The molecule has 0 saturated heterocycles. The van der Waals surface area contributed by atoms with Crippen molar-refractivity contribution in [3.8, 4) is 0 Å². The van der Waals surface area contributed by atoms with Gasteiger partial charge in [-0.25, -0.2) is 0 Å². The normalized spacial score (nSPS) is 14.8. The Balaban J connectivity index is 4.03. The van der Waals surface area contributed by atoms with E-state index in [0.717, 1.165) is 12.7 Å². The van der Waals surface area contributed by atoms with Gasteiger partial charge in [-0.2, -0.15) is 0 Å². The van der Waals surface area contributed by atoms with Crippen molar-refractivity contribution in [2.75, 3.05) is 0 Å². The van der Waals surface area contributed by atoms with Gasteiger partial charge in [-0.15, -0.1) is 6.58 Å². The zero-order valence-corrected chi connectivity index (χ0v) is 7.75. The van der Waals surface area contributed by atoms with Crippen molar-refractivity contribution >= 4 is 12.1 Å². The zero-order chi connectivity index (χ0) is 9.56. The summed E-state index contributed by atoms with van der Waals surface area (Å²) >= 11 is 0. The third kappa shape index (κ3) is 4.06. The maximum absolute atomic E-state index is 10.7. The van der Waals surface area contributed by atoms with Gasteiger partial charge in [0.1, 0.15) is 12.1 Å². The Labute approximate surface area is 73.7 Å². The summed E-state index contributed by atoms with van der Waals surface area (Å²) in [5, 5.41) is 0. The van der Waals surface area contributed by atoms with Gasteiger partial charge in [0.15, 0.2) is 0 Å². The molecule has 0 aliphatic rings. The first-order chi connectivity index (χ1) is 5.61. The summed E-state index contributed by atoms with van der Waals surface area (Å²) in [4.78, 5) is 21.3. The fourth-order valence-corrected chi connectivity index (χ4v) is 1.15. The van der Waals surface area contributed by atoms with Crippen LogP contribution in [0.3, 0.4) is 0 Å². The number of allylic oxidation sites excluding steroid dienone is 1. The highest BCUT2D eigenvalue weighted by Gasteiger charge is 2.16. The Morgan fingerprint density at radius 1 is 1.58 bits per heavy atom. The number of carbonyl (C=O) groups excluding carboxylic acids is 2. The number of aldehydes is 1. The molecule has 2 nitrogen and oxygen atoms in total. The molecule has 0 aromatic rings. The Hall–Kier alpha value is -0.920. The maximum Gasteiger partial charge on any atom is 0.130 e. The fourth-order valence-electron chi connectivity index (χ4n) is 1.15. The molecule has 0 aromatic heterocycles. The second-order valence-corrected chi connectivity index (χ2v) is 3.21. The summed E-state index contributed by atoms with van der Waals surface area (Å²) in [7, 11) is 0. The number of hydrogen-bond acceptors (Lipinski definition) is 2. The molecule has 0 spiro atoms. The summed E-state index contributed by atoms with van der Waals surface area (Å²) in [5.74, 6) is 0.160. The van der Waals surface area contributed by atoms with Crippen molar-refractivity contribution in [3.63, 3.8) is 0 Å². The summed E-state index contributed by atoms with van der Waals surface area (Å²) in [6.45, 7) is 7.07. The molecule has 0 fully saturated rings. The van der Waals surface area contributed by atoms with Gasteiger partial charge in [-0.3, -0.25) is 0 Å². The van der Waals surface area contributed by atoms with Gasteiger partial charge >= 0.3 is 0 Å². The molecule has 0 amide bonds. The second-order valence-electron chi connectivity index (χ2n) is 3.21. The summed E-state index contributed by atoms with van der Waals surface area (Å²) in [6, 6.07) is 0. The molecule has 0 saturated carbocycles. The highest BCUT2D eigenvalue weighted by molar-refractivity contribution is 5.78. The lowest BCUT2D eigenvalue weighted by Crippen LogP contribution is -2.15. The minimum atomic E-state index is -0.138. The van der Waals surface area contributed by atoms with E-state index in [2.05, 4.69) is 6.58 Å². The van der Waals surface area contributed by atoms with Gasteiger partial charge < -0.3 is 9.59 Å². The molecule has 0 radical (unpaired) electrons. The van der Waals surface area contributed by atoms with E-state index in [1.54, 1.807) is 6.08 Å². The van der Waals surface area contributed by atoms with Crippen LogP contribution < -0.4 is 0 Å². The number of rotatable bonds is 6. The van der Waals surface area contributed by atoms with Gasteiger partial charge in [0.2, 0.25) is 0 Å². The average molecular weight is 168 g/mol. The van der Waals surface area contributed by atoms with E-state index >= 15 is 0 Å². The average Bonchev–Trinajstić information content (AvgIpc) is 2.00. The highest BCUT2D eigenvalue weighted by atomic mass is 16.1. The molecule has 2 atom stereocenters. The van der Waals surface area contributed by atoms with E-state index < -0.39 is 0 Å². The van der Waals surface area contributed by atoms with E-state index in [-0.39, 0.29) is 17.6 Å². The lowest BCUT2D eigenvalue weighted by Gasteiger charge is -2.14. The molecule has 1 unspecified atom stereocenters. The monoisotopic (exact) mass is 168 g/mol. The number of hydrogen-bond donors (Lipinski definition) is 0. The summed E-state index contributed by atoms with van der Waals surface area (Å²) in [6.07, 6.45) is 3.80. The topological polar surface area (TPSA) is 34.1 Å². The van der Waals surface area contributed by atoms with E-state index in [9.17, 15) is 9.59 Å². The molecule has 2 heteroatoms. The lowest BCUT2D eigenvalue weighted by atomic mass is 9.88. The highest BCUT2D eigenvalue weighted by Crippen LogP contribution is 2.17. The van der Waals surface area contributed by atoms with E-state index in [1.807, 2.05) is 6.92 Å². The summed E-state index contributed by atoms with van der Waals surface area (Å²) < 4.78 is 0. The van der Waals surface area contributed by atoms with Crippen LogP contribution >= 0.6 is 0 Å². The van der Waals surface area contributed by atoms with Crippen LogP contribution in [-0.2, 0) is 9.59 Å². The van der Waals surface area contributed by atoms with Crippen LogP contribution in [0.25, 0.3) is 0 Å². The Kier molecular flexibility index (Phi) is 5.26. The first-order valence-electron chi connectivity index (χ1n) is 4.17. The fraction of sp³-hybridized carbons (Fsp3) is 0.600. The van der Waals surface area contributed by atoms with E-state index in [4.69, 9.17) is 0 Å². The predicted octanol–water partition coefficient (Wildman–Crippen LogP) is 1.99. The third-order valence-electron chi connectivity index (χ3n) is 1.97. The molecular formula is C10H16O2. The molecule has 12 heavy (non-hydrogen) atoms. The first-order valence-corrected chi connectivity index (χ1v) is 4.17. The van der Waals surface area contributed by atoms with E-state index in [1.165, 1.54) is 6.92 Å². The largest absolute Gasteiger partial charge is 0.303 e. The summed E-state index contributed by atoms with van der Waals surface area (Å²) in [5.41, 5.74) is 0. The standard InChI is InChI=1S/C10H16O2/c1-4-5-8(2)10(7-11)6-9(3)12/h4,7-8,10H,1,5-6H2,2-3H3/t8-,10?/m0/s1. The van der Waals surface area contributed by atoms with Gasteiger partial charge in [-0.05, 0) is 19.3 Å². The maximum atomic E-state index is 10.7. The van der Waals surface area contributed by atoms with Crippen molar-refractivity contribution in [1.82, 2.24) is 0 Å². The minimum Gasteiger partial charge on any atom is -0.303 e. The molecular weight excluding hydrogens is 152 g/mol. The minimum absolute atomic E-state index is 0.0722. The van der Waals surface area contributed by atoms with Crippen LogP contribution in [0.1, 0.15) is 26.7 Å². The van der Waals surface area contributed by atoms with Gasteiger partial charge in [0.25, 0.3) is 0 Å². The van der Waals surface area contributed by atoms with Crippen molar-refractivity contribution in [1.29, 1.82) is 0 Å². The smallest absolute Gasteiger partial charge is 0.130 e. The SMILES string of the molecule is C=CC[C@H](C)C(C=O)CC(C)=O. The van der Waals surface area contributed by atoms with Crippen LogP contribution in [0.4, 0.5) is 0 Å². The van der Waals surface area contributed by atoms with Crippen molar-refractivity contribution in [3.05, 3.63) is 12.7 Å². The lowest BCUT2D eigenvalue weighted by molar-refractivity contribution is -0.122. The Morgan fingerprint density at radius 3 is 2.50 bits per heavy atom. The quantitative estimate of drug-likeness (QED) is 0.449. The number of ketones is 1. The zero-order valence-electron chi connectivity index (χ0n) is 7.75. The van der Waals surface area contributed by atoms with Gasteiger partial charge in [0, 0.05) is 12.3 Å². The Morgan fingerprint density at radius 2 is 2.17 bits per heavy atom. The predicted molar refractivity (Wildman–Crippen MR) is 48.8 cm³/mol. The molecule has 0 rings (SSSR count). The number of Topliss-reactive ketones (excluding diaryl/α,β-unsaturated/α-hetero) is 1.